The van der Waals surface area contributed by atoms with Crippen molar-refractivity contribution in [3.05, 3.63) is 32.2 Å². The standard InChI is InChI=1S/C11H13BrS/c1-6-7(2)11(12)8(3)10-5-13-4-9(6)10/h5,9H,4H2,1-3H3. The van der Waals surface area contributed by atoms with Crippen molar-refractivity contribution in [2.24, 2.45) is 5.92 Å². The Bertz CT molecular complexity index is 347. The summed E-state index contributed by atoms with van der Waals surface area (Å²) in [5.41, 5.74) is 5.92. The Balaban J connectivity index is 2.57. The Morgan fingerprint density at radius 2 is 2.00 bits per heavy atom. The van der Waals surface area contributed by atoms with Crippen molar-refractivity contribution in [2.75, 3.05) is 5.75 Å². The summed E-state index contributed by atoms with van der Waals surface area (Å²) in [6.07, 6.45) is 0. The van der Waals surface area contributed by atoms with Crippen LogP contribution in [0.3, 0.4) is 0 Å². The maximum Gasteiger partial charge on any atom is 0.0236 e. The third-order valence-electron chi connectivity index (χ3n) is 3.05. The van der Waals surface area contributed by atoms with Gasteiger partial charge in [-0.1, -0.05) is 21.5 Å². The summed E-state index contributed by atoms with van der Waals surface area (Å²) in [6, 6.07) is 0. The zero-order chi connectivity index (χ0) is 9.59. The third kappa shape index (κ3) is 1.35. The summed E-state index contributed by atoms with van der Waals surface area (Å²) >= 11 is 5.61. The van der Waals surface area contributed by atoms with Gasteiger partial charge in [-0.25, -0.2) is 0 Å². The molecule has 0 fully saturated rings. The first-order valence-electron chi connectivity index (χ1n) is 4.49. The van der Waals surface area contributed by atoms with Crippen molar-refractivity contribution < 1.29 is 0 Å². The van der Waals surface area contributed by atoms with Gasteiger partial charge in [-0.05, 0) is 42.9 Å². The molecular weight excluding hydrogens is 244 g/mol. The van der Waals surface area contributed by atoms with Gasteiger partial charge in [0.05, 0.1) is 0 Å². The fourth-order valence-corrected chi connectivity index (χ4v) is 3.74. The van der Waals surface area contributed by atoms with Crippen LogP contribution in [0.2, 0.25) is 0 Å². The highest BCUT2D eigenvalue weighted by Crippen LogP contribution is 2.46. The first kappa shape index (κ1) is 9.60. The molecule has 0 saturated heterocycles. The van der Waals surface area contributed by atoms with Gasteiger partial charge in [0, 0.05) is 16.2 Å². The van der Waals surface area contributed by atoms with E-state index in [-0.39, 0.29) is 0 Å². The normalized spacial score (nSPS) is 28.0. The smallest absolute Gasteiger partial charge is 0.0236 e. The van der Waals surface area contributed by atoms with Gasteiger partial charge < -0.3 is 0 Å². The van der Waals surface area contributed by atoms with Crippen LogP contribution in [-0.4, -0.2) is 5.75 Å². The molecule has 0 N–H and O–H groups in total. The molecule has 1 atom stereocenters. The highest BCUT2D eigenvalue weighted by molar-refractivity contribution is 9.12. The van der Waals surface area contributed by atoms with E-state index in [0.29, 0.717) is 5.92 Å². The molecule has 1 unspecified atom stereocenters. The summed E-state index contributed by atoms with van der Waals surface area (Å²) in [5, 5.41) is 2.32. The summed E-state index contributed by atoms with van der Waals surface area (Å²) in [7, 11) is 0. The molecule has 0 saturated carbocycles. The third-order valence-corrected chi connectivity index (χ3v) is 5.19. The Labute approximate surface area is 92.3 Å². The second-order valence-electron chi connectivity index (χ2n) is 3.71. The summed E-state index contributed by atoms with van der Waals surface area (Å²) in [5.74, 6) is 1.92. The Kier molecular flexibility index (Phi) is 2.45. The fraction of sp³-hybridized carbons (Fsp3) is 0.455. The van der Waals surface area contributed by atoms with Crippen LogP contribution in [0.1, 0.15) is 20.8 Å². The molecule has 0 aromatic carbocycles. The van der Waals surface area contributed by atoms with Crippen molar-refractivity contribution in [1.29, 1.82) is 0 Å². The summed E-state index contributed by atoms with van der Waals surface area (Å²) in [6.45, 7) is 6.68. The van der Waals surface area contributed by atoms with E-state index in [1.54, 1.807) is 0 Å². The van der Waals surface area contributed by atoms with E-state index in [0.717, 1.165) is 0 Å². The number of rotatable bonds is 0. The van der Waals surface area contributed by atoms with Crippen molar-refractivity contribution in [3.8, 4) is 0 Å². The van der Waals surface area contributed by atoms with Gasteiger partial charge in [-0.15, -0.1) is 11.8 Å². The number of thioether (sulfide) groups is 1. The largest absolute Gasteiger partial charge is 0.133 e. The van der Waals surface area contributed by atoms with Gasteiger partial charge in [-0.3, -0.25) is 0 Å². The number of allylic oxidation sites excluding steroid dienone is 5. The maximum atomic E-state index is 3.67. The van der Waals surface area contributed by atoms with Crippen molar-refractivity contribution >= 4 is 27.7 Å². The van der Waals surface area contributed by atoms with E-state index < -0.39 is 0 Å². The van der Waals surface area contributed by atoms with Crippen LogP contribution in [0.4, 0.5) is 0 Å². The minimum absolute atomic E-state index is 0.686. The Hall–Kier alpha value is 0.0500. The van der Waals surface area contributed by atoms with Gasteiger partial charge in [-0.2, -0.15) is 0 Å². The second kappa shape index (κ2) is 3.32. The highest BCUT2D eigenvalue weighted by atomic mass is 79.9. The molecule has 0 bridgehead atoms. The molecule has 0 aromatic heterocycles. The predicted molar refractivity (Wildman–Crippen MR) is 64.0 cm³/mol. The zero-order valence-corrected chi connectivity index (χ0v) is 10.6. The molecule has 2 heteroatoms. The number of hydrogen-bond donors (Lipinski definition) is 0. The molecule has 1 heterocycles. The average molecular weight is 257 g/mol. The SMILES string of the molecule is CC1=C(Br)C(C)=C(C)C2CSC=C12. The lowest BCUT2D eigenvalue weighted by atomic mass is 9.82. The molecule has 1 aliphatic carbocycles. The van der Waals surface area contributed by atoms with Crippen LogP contribution in [0.25, 0.3) is 0 Å². The van der Waals surface area contributed by atoms with E-state index in [4.69, 9.17) is 0 Å². The zero-order valence-electron chi connectivity index (χ0n) is 8.15. The number of fused-ring (bicyclic) bond motifs is 1. The van der Waals surface area contributed by atoms with Gasteiger partial charge >= 0.3 is 0 Å². The monoisotopic (exact) mass is 256 g/mol. The molecule has 0 aromatic rings. The maximum absolute atomic E-state index is 3.67. The molecule has 70 valence electrons. The fourth-order valence-electron chi connectivity index (χ4n) is 1.96. The van der Waals surface area contributed by atoms with E-state index in [1.165, 1.54) is 32.5 Å². The Morgan fingerprint density at radius 3 is 2.69 bits per heavy atom. The molecule has 0 radical (unpaired) electrons. The molecular formula is C11H13BrS. The van der Waals surface area contributed by atoms with Gasteiger partial charge in [0.15, 0.2) is 0 Å². The van der Waals surface area contributed by atoms with Crippen LogP contribution in [0.5, 0.6) is 0 Å². The molecule has 2 aliphatic rings. The average Bonchev–Trinajstić information content (AvgIpc) is 2.59. The van der Waals surface area contributed by atoms with Crippen molar-refractivity contribution in [3.63, 3.8) is 0 Å². The van der Waals surface area contributed by atoms with Gasteiger partial charge in [0.25, 0.3) is 0 Å². The van der Waals surface area contributed by atoms with Crippen LogP contribution >= 0.6 is 27.7 Å². The summed E-state index contributed by atoms with van der Waals surface area (Å²) in [4.78, 5) is 0. The lowest BCUT2D eigenvalue weighted by molar-refractivity contribution is 0.809. The molecule has 13 heavy (non-hydrogen) atoms. The first-order valence-corrected chi connectivity index (χ1v) is 6.33. The van der Waals surface area contributed by atoms with E-state index in [2.05, 4.69) is 42.1 Å². The number of hydrogen-bond acceptors (Lipinski definition) is 1. The molecule has 1 aliphatic heterocycles. The lowest BCUT2D eigenvalue weighted by Crippen LogP contribution is -2.12. The van der Waals surface area contributed by atoms with Crippen LogP contribution in [-0.2, 0) is 0 Å². The topological polar surface area (TPSA) is 0 Å². The van der Waals surface area contributed by atoms with E-state index >= 15 is 0 Å². The quantitative estimate of drug-likeness (QED) is 0.625. The predicted octanol–water partition coefficient (Wildman–Crippen LogP) is 4.25. The molecule has 0 amide bonds. The molecule has 0 spiro atoms. The highest BCUT2D eigenvalue weighted by Gasteiger charge is 2.29. The van der Waals surface area contributed by atoms with Gasteiger partial charge in [0.1, 0.15) is 0 Å². The lowest BCUT2D eigenvalue weighted by Gasteiger charge is -2.25. The van der Waals surface area contributed by atoms with E-state index in [1.807, 2.05) is 11.8 Å². The number of halogens is 1. The molecule has 2 rings (SSSR count). The van der Waals surface area contributed by atoms with Crippen molar-refractivity contribution in [1.82, 2.24) is 0 Å². The second-order valence-corrected chi connectivity index (χ2v) is 5.40. The molecule has 0 nitrogen and oxygen atoms in total. The Morgan fingerprint density at radius 1 is 1.31 bits per heavy atom. The minimum Gasteiger partial charge on any atom is -0.133 e. The van der Waals surface area contributed by atoms with Crippen LogP contribution in [0, 0.1) is 5.92 Å². The van der Waals surface area contributed by atoms with Crippen molar-refractivity contribution in [2.45, 2.75) is 20.8 Å². The summed E-state index contributed by atoms with van der Waals surface area (Å²) < 4.78 is 1.30. The van der Waals surface area contributed by atoms with Crippen LogP contribution < -0.4 is 0 Å². The van der Waals surface area contributed by atoms with Crippen LogP contribution in [0.15, 0.2) is 32.2 Å². The van der Waals surface area contributed by atoms with E-state index in [9.17, 15) is 0 Å². The van der Waals surface area contributed by atoms with Gasteiger partial charge in [0.2, 0.25) is 0 Å². The first-order chi connectivity index (χ1) is 6.13. The minimum atomic E-state index is 0.686.